The number of phenols is 1. The normalized spacial score (nSPS) is 11.1. The lowest BCUT2D eigenvalue weighted by Crippen LogP contribution is -2.18. The van der Waals surface area contributed by atoms with E-state index in [4.69, 9.17) is 0 Å². The summed E-state index contributed by atoms with van der Waals surface area (Å²) in [6.07, 6.45) is 3.10. The van der Waals surface area contributed by atoms with Gasteiger partial charge >= 0.3 is 0 Å². The zero-order chi connectivity index (χ0) is 19.4. The number of aromatic nitrogens is 2. The van der Waals surface area contributed by atoms with Crippen molar-refractivity contribution in [2.24, 2.45) is 5.10 Å². The third kappa shape index (κ3) is 5.27. The van der Waals surface area contributed by atoms with Gasteiger partial charge in [-0.05, 0) is 51.8 Å². The molecule has 138 valence electrons. The molecule has 0 unspecified atom stereocenters. The SMILES string of the molecule is O=C(N/N=C\c1cc(Br)cc(Br)c1O)c1ccn(Cc2ccc(Br)cc2)n1. The maximum atomic E-state index is 12.2. The average molecular weight is 557 g/mol. The van der Waals surface area contributed by atoms with Gasteiger partial charge in [-0.1, -0.05) is 44.0 Å². The number of rotatable bonds is 5. The molecule has 0 aliphatic carbocycles. The summed E-state index contributed by atoms with van der Waals surface area (Å²) in [4.78, 5) is 12.2. The van der Waals surface area contributed by atoms with Crippen LogP contribution < -0.4 is 5.43 Å². The largest absolute Gasteiger partial charge is 0.506 e. The third-order valence-electron chi connectivity index (χ3n) is 3.56. The minimum Gasteiger partial charge on any atom is -0.506 e. The van der Waals surface area contributed by atoms with Crippen molar-refractivity contribution in [1.29, 1.82) is 0 Å². The summed E-state index contributed by atoms with van der Waals surface area (Å²) >= 11 is 9.97. The van der Waals surface area contributed by atoms with Crippen LogP contribution in [0.5, 0.6) is 5.75 Å². The van der Waals surface area contributed by atoms with E-state index >= 15 is 0 Å². The maximum absolute atomic E-state index is 12.2. The minimum atomic E-state index is -0.436. The van der Waals surface area contributed by atoms with Crippen LogP contribution in [0.4, 0.5) is 0 Å². The Bertz CT molecular complexity index is 1000. The second-order valence-electron chi connectivity index (χ2n) is 5.55. The Morgan fingerprint density at radius 3 is 2.63 bits per heavy atom. The summed E-state index contributed by atoms with van der Waals surface area (Å²) in [5, 5.41) is 18.1. The Labute approximate surface area is 180 Å². The molecule has 0 radical (unpaired) electrons. The summed E-state index contributed by atoms with van der Waals surface area (Å²) in [5.74, 6) is -0.399. The van der Waals surface area contributed by atoms with E-state index < -0.39 is 5.91 Å². The molecule has 2 N–H and O–H groups in total. The Morgan fingerprint density at radius 2 is 1.89 bits per heavy atom. The molecule has 0 aliphatic heterocycles. The molecule has 27 heavy (non-hydrogen) atoms. The molecular formula is C18H13Br3N4O2. The first kappa shape index (κ1) is 19.8. The standard InChI is InChI=1S/C18H13Br3N4O2/c19-13-3-1-11(2-4-13)10-25-6-5-16(24-25)18(27)23-22-9-12-7-14(20)8-15(21)17(12)26/h1-9,26H,10H2,(H,23,27)/b22-9-. The van der Waals surface area contributed by atoms with Gasteiger partial charge in [-0.25, -0.2) is 5.43 Å². The van der Waals surface area contributed by atoms with E-state index in [0.717, 1.165) is 14.5 Å². The van der Waals surface area contributed by atoms with Gasteiger partial charge in [0.2, 0.25) is 0 Å². The quantitative estimate of drug-likeness (QED) is 0.353. The fraction of sp³-hybridized carbons (Fsp3) is 0.0556. The van der Waals surface area contributed by atoms with E-state index in [1.807, 2.05) is 24.3 Å². The summed E-state index contributed by atoms with van der Waals surface area (Å²) in [5.41, 5.74) is 4.19. The number of carbonyl (C=O) groups is 1. The first-order valence-corrected chi connectivity index (χ1v) is 10.1. The fourth-order valence-electron chi connectivity index (χ4n) is 2.25. The van der Waals surface area contributed by atoms with Gasteiger partial charge in [0, 0.05) is 20.7 Å². The van der Waals surface area contributed by atoms with Crippen LogP contribution >= 0.6 is 47.8 Å². The average Bonchev–Trinajstić information content (AvgIpc) is 3.09. The molecule has 0 bridgehead atoms. The smallest absolute Gasteiger partial charge is 0.291 e. The van der Waals surface area contributed by atoms with Crippen LogP contribution in [0.3, 0.4) is 0 Å². The maximum Gasteiger partial charge on any atom is 0.291 e. The van der Waals surface area contributed by atoms with Gasteiger partial charge in [0.15, 0.2) is 5.69 Å². The van der Waals surface area contributed by atoms with Gasteiger partial charge in [-0.3, -0.25) is 9.48 Å². The summed E-state index contributed by atoms with van der Waals surface area (Å²) in [6.45, 7) is 0.559. The fourth-order valence-corrected chi connectivity index (χ4v) is 3.77. The number of nitrogens with one attached hydrogen (secondary N) is 1. The first-order chi connectivity index (χ1) is 12.9. The Hall–Kier alpha value is -1.97. The highest BCUT2D eigenvalue weighted by molar-refractivity contribution is 9.11. The Balaban J connectivity index is 1.63. The molecule has 3 aromatic rings. The second-order valence-corrected chi connectivity index (χ2v) is 8.24. The minimum absolute atomic E-state index is 0.0370. The zero-order valence-electron chi connectivity index (χ0n) is 13.7. The predicted molar refractivity (Wildman–Crippen MR) is 114 cm³/mol. The molecule has 9 heteroatoms. The zero-order valence-corrected chi connectivity index (χ0v) is 18.5. The topological polar surface area (TPSA) is 79.5 Å². The Morgan fingerprint density at radius 1 is 1.15 bits per heavy atom. The van der Waals surface area contributed by atoms with Gasteiger partial charge in [0.25, 0.3) is 5.91 Å². The third-order valence-corrected chi connectivity index (χ3v) is 5.15. The Kier molecular flexibility index (Phi) is 6.46. The lowest BCUT2D eigenvalue weighted by atomic mass is 10.2. The molecule has 0 spiro atoms. The van der Waals surface area contributed by atoms with Crippen LogP contribution in [0.15, 0.2) is 67.2 Å². The van der Waals surface area contributed by atoms with Gasteiger partial charge in [0.05, 0.1) is 17.2 Å². The number of hydrogen-bond donors (Lipinski definition) is 2. The molecule has 0 saturated carbocycles. The number of amides is 1. The van der Waals surface area contributed by atoms with Crippen molar-refractivity contribution < 1.29 is 9.90 Å². The molecular weight excluding hydrogens is 544 g/mol. The summed E-state index contributed by atoms with van der Waals surface area (Å²) in [6, 6.07) is 12.9. The van der Waals surface area contributed by atoms with E-state index in [0.29, 0.717) is 16.6 Å². The number of benzene rings is 2. The van der Waals surface area contributed by atoms with Crippen molar-refractivity contribution >= 4 is 59.9 Å². The molecule has 1 heterocycles. The molecule has 0 aliphatic rings. The van der Waals surface area contributed by atoms with Gasteiger partial charge < -0.3 is 5.11 Å². The number of hydrazone groups is 1. The lowest BCUT2D eigenvalue weighted by molar-refractivity contribution is 0.0949. The van der Waals surface area contributed by atoms with Crippen LogP contribution in [-0.4, -0.2) is 27.0 Å². The lowest BCUT2D eigenvalue weighted by Gasteiger charge is -2.03. The predicted octanol–water partition coefficient (Wildman–Crippen LogP) is 4.69. The number of carbonyl (C=O) groups excluding carboxylic acids is 1. The van der Waals surface area contributed by atoms with Gasteiger partial charge in [-0.15, -0.1) is 0 Å². The molecule has 3 rings (SSSR count). The number of aromatic hydroxyl groups is 1. The van der Waals surface area contributed by atoms with Crippen molar-refractivity contribution in [2.45, 2.75) is 6.54 Å². The monoisotopic (exact) mass is 554 g/mol. The summed E-state index contributed by atoms with van der Waals surface area (Å²) < 4.78 is 3.98. The van der Waals surface area contributed by atoms with Crippen LogP contribution in [0, 0.1) is 0 Å². The number of phenolic OH excluding ortho intramolecular Hbond substituents is 1. The highest BCUT2D eigenvalue weighted by Gasteiger charge is 2.09. The van der Waals surface area contributed by atoms with E-state index in [-0.39, 0.29) is 11.4 Å². The van der Waals surface area contributed by atoms with E-state index in [1.165, 1.54) is 6.21 Å². The number of nitrogens with zero attached hydrogens (tertiary/aromatic N) is 3. The highest BCUT2D eigenvalue weighted by Crippen LogP contribution is 2.30. The van der Waals surface area contributed by atoms with E-state index in [1.54, 1.807) is 29.1 Å². The van der Waals surface area contributed by atoms with E-state index in [9.17, 15) is 9.90 Å². The highest BCUT2D eigenvalue weighted by atomic mass is 79.9. The van der Waals surface area contributed by atoms with E-state index in [2.05, 4.69) is 63.4 Å². The molecule has 0 atom stereocenters. The van der Waals surface area contributed by atoms with Crippen molar-refractivity contribution in [2.75, 3.05) is 0 Å². The molecule has 1 amide bonds. The number of hydrogen-bond acceptors (Lipinski definition) is 4. The van der Waals surface area contributed by atoms with Crippen LogP contribution in [0.25, 0.3) is 0 Å². The molecule has 6 nitrogen and oxygen atoms in total. The second kappa shape index (κ2) is 8.81. The van der Waals surface area contributed by atoms with Crippen LogP contribution in [-0.2, 0) is 6.54 Å². The van der Waals surface area contributed by atoms with Crippen LogP contribution in [0.2, 0.25) is 0 Å². The van der Waals surface area contributed by atoms with Crippen LogP contribution in [0.1, 0.15) is 21.6 Å². The first-order valence-electron chi connectivity index (χ1n) is 7.71. The number of halogens is 3. The summed E-state index contributed by atoms with van der Waals surface area (Å²) in [7, 11) is 0. The van der Waals surface area contributed by atoms with Crippen molar-refractivity contribution in [3.05, 3.63) is 78.9 Å². The molecule has 1 aromatic heterocycles. The van der Waals surface area contributed by atoms with Gasteiger partial charge in [-0.2, -0.15) is 10.2 Å². The van der Waals surface area contributed by atoms with Gasteiger partial charge in [0.1, 0.15) is 5.75 Å². The van der Waals surface area contributed by atoms with Crippen molar-refractivity contribution in [3.63, 3.8) is 0 Å². The molecule has 0 fully saturated rings. The molecule has 0 saturated heterocycles. The van der Waals surface area contributed by atoms with Crippen molar-refractivity contribution in [3.8, 4) is 5.75 Å². The van der Waals surface area contributed by atoms with Crippen molar-refractivity contribution in [1.82, 2.24) is 15.2 Å². The molecule has 2 aromatic carbocycles.